The second kappa shape index (κ2) is 10.9. The summed E-state index contributed by atoms with van der Waals surface area (Å²) in [4.78, 5) is 28.8. The Labute approximate surface area is 217 Å². The molecule has 0 saturated carbocycles. The van der Waals surface area contributed by atoms with Gasteiger partial charge in [-0.3, -0.25) is 9.13 Å². The van der Waals surface area contributed by atoms with E-state index in [1.54, 1.807) is 13.3 Å². The van der Waals surface area contributed by atoms with Crippen molar-refractivity contribution in [2.24, 2.45) is 0 Å². The summed E-state index contributed by atoms with van der Waals surface area (Å²) in [6.07, 6.45) is 1.61. The van der Waals surface area contributed by atoms with Gasteiger partial charge in [0, 0.05) is 31.8 Å². The number of nitrogens with two attached hydrogens (primary N) is 2. The first-order chi connectivity index (χ1) is 18.3. The number of aliphatic hydroxyl groups excluding tert-OH is 2. The molecule has 206 valence electrons. The Hall–Kier alpha value is -3.21. The van der Waals surface area contributed by atoms with Crippen molar-refractivity contribution in [3.63, 3.8) is 0 Å². The molecular formula is C23H33N9O6. The highest BCUT2D eigenvalue weighted by molar-refractivity contribution is 5.81. The van der Waals surface area contributed by atoms with Crippen LogP contribution in [0.1, 0.15) is 37.8 Å². The summed E-state index contributed by atoms with van der Waals surface area (Å²) >= 11 is 0. The van der Waals surface area contributed by atoms with Crippen molar-refractivity contribution < 1.29 is 24.4 Å². The molecule has 0 aliphatic carbocycles. The second-order valence-electron chi connectivity index (χ2n) is 9.47. The summed E-state index contributed by atoms with van der Waals surface area (Å²) in [7, 11) is 1.63. The fourth-order valence-electron chi connectivity index (χ4n) is 5.05. The number of ether oxygens (including phenoxy) is 3. The average molecular weight is 532 g/mol. The average Bonchev–Trinajstić information content (AvgIpc) is 3.60. The van der Waals surface area contributed by atoms with E-state index in [1.165, 1.54) is 21.8 Å². The molecule has 0 spiro atoms. The van der Waals surface area contributed by atoms with E-state index < -0.39 is 36.5 Å². The molecule has 5 rings (SSSR count). The van der Waals surface area contributed by atoms with E-state index in [0.29, 0.717) is 36.1 Å². The van der Waals surface area contributed by atoms with Gasteiger partial charge in [0.2, 0.25) is 0 Å². The number of hydrogen-bond acceptors (Lipinski definition) is 13. The number of nitrogens with one attached hydrogen (secondary N) is 1. The maximum absolute atomic E-state index is 12.5. The number of aromatic nitrogens is 6. The Morgan fingerprint density at radius 1 is 1.13 bits per heavy atom. The minimum absolute atomic E-state index is 0.0956. The fraction of sp³-hybridized carbons (Fsp3) is 0.609. The van der Waals surface area contributed by atoms with Crippen LogP contribution in [0, 0.1) is 0 Å². The lowest BCUT2D eigenvalue weighted by molar-refractivity contribution is -0.0341. The summed E-state index contributed by atoms with van der Waals surface area (Å²) < 4.78 is 20.5. The Kier molecular flexibility index (Phi) is 7.56. The van der Waals surface area contributed by atoms with Crippen molar-refractivity contribution in [2.75, 3.05) is 31.7 Å². The van der Waals surface area contributed by atoms with E-state index in [2.05, 4.69) is 25.3 Å². The molecule has 3 aromatic rings. The highest BCUT2D eigenvalue weighted by Crippen LogP contribution is 2.32. The zero-order chi connectivity index (χ0) is 27.0. The summed E-state index contributed by atoms with van der Waals surface area (Å²) in [5.74, 6) is 0.366. The monoisotopic (exact) mass is 531 g/mol. The molecule has 0 radical (unpaired) electrons. The van der Waals surface area contributed by atoms with Gasteiger partial charge < -0.3 is 41.2 Å². The van der Waals surface area contributed by atoms with Gasteiger partial charge in [0.05, 0.1) is 18.5 Å². The lowest BCUT2D eigenvalue weighted by Gasteiger charge is -2.17. The summed E-state index contributed by atoms with van der Waals surface area (Å²) in [5, 5.41) is 24.4. The molecule has 0 bridgehead atoms. The van der Waals surface area contributed by atoms with Crippen LogP contribution < -0.4 is 22.5 Å². The predicted octanol–water partition coefficient (Wildman–Crippen LogP) is -1.29. The Balaban J connectivity index is 1.20. The van der Waals surface area contributed by atoms with E-state index in [0.717, 1.165) is 6.42 Å². The SMILES string of the molecule is CC[C@H]1O[C@@H](n2cc(CCNC[C@H]3O[C@@H](n4cnc5c(N)ncnc54)[C@@H](O)C3O)c(N)nc2=O)C[C@@H]1OC. The number of aliphatic hydroxyl groups is 2. The quantitative estimate of drug-likeness (QED) is 0.204. The number of imidazole rings is 1. The van der Waals surface area contributed by atoms with Crippen LogP contribution in [0.15, 0.2) is 23.6 Å². The maximum atomic E-state index is 12.5. The third kappa shape index (κ3) is 4.83. The van der Waals surface area contributed by atoms with E-state index in [9.17, 15) is 15.0 Å². The van der Waals surface area contributed by atoms with Gasteiger partial charge in [-0.2, -0.15) is 4.98 Å². The largest absolute Gasteiger partial charge is 0.387 e. The van der Waals surface area contributed by atoms with E-state index in [1.807, 2.05) is 6.92 Å². The third-order valence-electron chi connectivity index (χ3n) is 7.17. The molecular weight excluding hydrogens is 498 g/mol. The first kappa shape index (κ1) is 26.4. The first-order valence-corrected chi connectivity index (χ1v) is 12.5. The Bertz CT molecular complexity index is 1320. The molecule has 2 aliphatic heterocycles. The number of nitrogens with zero attached hydrogens (tertiary/aromatic N) is 6. The number of nitrogen functional groups attached to an aromatic ring is 2. The van der Waals surface area contributed by atoms with Gasteiger partial charge in [0.25, 0.3) is 0 Å². The molecule has 38 heavy (non-hydrogen) atoms. The molecule has 3 aromatic heterocycles. The number of anilines is 2. The number of methoxy groups -OCH3 is 1. The van der Waals surface area contributed by atoms with Crippen molar-refractivity contribution in [1.82, 2.24) is 34.4 Å². The zero-order valence-electron chi connectivity index (χ0n) is 21.2. The van der Waals surface area contributed by atoms with Gasteiger partial charge in [-0.25, -0.2) is 19.7 Å². The molecule has 0 aromatic carbocycles. The summed E-state index contributed by atoms with van der Waals surface area (Å²) in [6, 6.07) is 0. The standard InChI is InChI=1S/C23H33N9O6/c1-3-12-13(36-2)6-15(37-12)31-8-11(19(24)30-23(31)35)4-5-26-7-14-17(33)18(34)22(38-14)32-10-29-16-20(25)27-9-28-21(16)32/h8-10,12-15,17-18,22,26,33-34H,3-7H2,1-2H3,(H2,24,30,35)(H2,25,27,28)/t12-,13+,14-,15-,17?,18+,22-/m1/s1. The van der Waals surface area contributed by atoms with Gasteiger partial charge in [-0.05, 0) is 19.4 Å². The van der Waals surface area contributed by atoms with Crippen molar-refractivity contribution >= 4 is 22.8 Å². The van der Waals surface area contributed by atoms with Crippen molar-refractivity contribution in [2.45, 2.75) is 69.2 Å². The van der Waals surface area contributed by atoms with Gasteiger partial charge in [-0.15, -0.1) is 0 Å². The second-order valence-corrected chi connectivity index (χ2v) is 9.47. The molecule has 7 N–H and O–H groups in total. The molecule has 2 saturated heterocycles. The van der Waals surface area contributed by atoms with Crippen LogP contribution in [0.5, 0.6) is 0 Å². The molecule has 7 atom stereocenters. The Morgan fingerprint density at radius 2 is 1.95 bits per heavy atom. The van der Waals surface area contributed by atoms with Crippen LogP contribution in [0.3, 0.4) is 0 Å². The van der Waals surface area contributed by atoms with E-state index in [-0.39, 0.29) is 30.4 Å². The first-order valence-electron chi connectivity index (χ1n) is 12.5. The Morgan fingerprint density at radius 3 is 2.68 bits per heavy atom. The van der Waals surface area contributed by atoms with E-state index >= 15 is 0 Å². The van der Waals surface area contributed by atoms with Crippen molar-refractivity contribution in [1.29, 1.82) is 0 Å². The number of fused-ring (bicyclic) bond motifs is 1. The number of rotatable bonds is 9. The fourth-order valence-corrected chi connectivity index (χ4v) is 5.05. The molecule has 0 amide bonds. The molecule has 2 fully saturated rings. The minimum atomic E-state index is -1.20. The summed E-state index contributed by atoms with van der Waals surface area (Å²) in [6.45, 7) is 2.72. The van der Waals surface area contributed by atoms with Crippen LogP contribution in [-0.2, 0) is 20.6 Å². The molecule has 15 nitrogen and oxygen atoms in total. The highest BCUT2D eigenvalue weighted by Gasteiger charge is 2.44. The third-order valence-corrected chi connectivity index (χ3v) is 7.17. The van der Waals surface area contributed by atoms with Crippen molar-refractivity contribution in [3.8, 4) is 0 Å². The van der Waals surface area contributed by atoms with Crippen LogP contribution >= 0.6 is 0 Å². The van der Waals surface area contributed by atoms with E-state index in [4.69, 9.17) is 25.7 Å². The van der Waals surface area contributed by atoms with Crippen LogP contribution in [0.4, 0.5) is 11.6 Å². The van der Waals surface area contributed by atoms with Gasteiger partial charge in [0.1, 0.15) is 42.2 Å². The predicted molar refractivity (Wildman–Crippen MR) is 135 cm³/mol. The normalized spacial score (nSPS) is 29.4. The lowest BCUT2D eigenvalue weighted by Crippen LogP contribution is -2.38. The number of hydrogen-bond donors (Lipinski definition) is 5. The smallest absolute Gasteiger partial charge is 0.351 e. The van der Waals surface area contributed by atoms with Crippen molar-refractivity contribution in [3.05, 3.63) is 34.9 Å². The van der Waals surface area contributed by atoms with Gasteiger partial charge in [-0.1, -0.05) is 6.92 Å². The highest BCUT2D eigenvalue weighted by atomic mass is 16.6. The molecule has 2 aliphatic rings. The topological polar surface area (TPSA) is 211 Å². The van der Waals surface area contributed by atoms with Crippen LogP contribution in [-0.4, -0.2) is 90.0 Å². The van der Waals surface area contributed by atoms with Gasteiger partial charge >= 0.3 is 5.69 Å². The summed E-state index contributed by atoms with van der Waals surface area (Å²) in [5.41, 5.74) is 12.9. The zero-order valence-corrected chi connectivity index (χ0v) is 21.2. The van der Waals surface area contributed by atoms with Crippen LogP contribution in [0.2, 0.25) is 0 Å². The van der Waals surface area contributed by atoms with Gasteiger partial charge in [0.15, 0.2) is 17.7 Å². The minimum Gasteiger partial charge on any atom is -0.387 e. The lowest BCUT2D eigenvalue weighted by atomic mass is 10.1. The molecule has 1 unspecified atom stereocenters. The molecule has 5 heterocycles. The van der Waals surface area contributed by atoms with Crippen LogP contribution in [0.25, 0.3) is 11.2 Å². The molecule has 15 heteroatoms. The maximum Gasteiger partial charge on any atom is 0.351 e.